The van der Waals surface area contributed by atoms with E-state index in [4.69, 9.17) is 18.0 Å². The summed E-state index contributed by atoms with van der Waals surface area (Å²) in [5.74, 6) is 2.16. The average Bonchev–Trinajstić information content (AvgIpc) is 2.75. The molecule has 1 saturated heterocycles. The maximum absolute atomic E-state index is 5.53. The quantitative estimate of drug-likeness (QED) is 0.821. The lowest BCUT2D eigenvalue weighted by atomic mass is 10.1. The molecule has 1 aromatic heterocycles. The number of thiocarbonyl (C=S) groups is 1. The molecule has 1 atom stereocenters. The Morgan fingerprint density at radius 2 is 2.47 bits per heavy atom. The number of thioether (sulfide) groups is 1. The molecule has 1 unspecified atom stereocenters. The number of hydrogen-bond acceptors (Lipinski definition) is 4. The Morgan fingerprint density at radius 3 is 3.00 bits per heavy atom. The summed E-state index contributed by atoms with van der Waals surface area (Å²) in [6.45, 7) is 3.26. The Balaban J connectivity index is 1.93. The standard InChI is InChI=1S/C12H17N3S2/c1-12(5-2-6-17-12)8-15-10-4-3-9(7-14-10)11(13)16/h3-4,7H,2,5-6,8H2,1H3,(H2,13,16)(H,14,15). The van der Waals surface area contributed by atoms with E-state index in [0.29, 0.717) is 9.74 Å². The molecule has 3 nitrogen and oxygen atoms in total. The predicted octanol–water partition coefficient (Wildman–Crippen LogP) is 2.41. The number of nitrogens with one attached hydrogen (secondary N) is 1. The van der Waals surface area contributed by atoms with E-state index in [1.54, 1.807) is 6.20 Å². The van der Waals surface area contributed by atoms with Crippen molar-refractivity contribution in [3.05, 3.63) is 23.9 Å². The lowest BCUT2D eigenvalue weighted by Crippen LogP contribution is -2.27. The summed E-state index contributed by atoms with van der Waals surface area (Å²) in [5, 5.41) is 3.38. The van der Waals surface area contributed by atoms with E-state index < -0.39 is 0 Å². The van der Waals surface area contributed by atoms with Crippen molar-refractivity contribution in [2.75, 3.05) is 17.6 Å². The third-order valence-electron chi connectivity index (χ3n) is 2.99. The van der Waals surface area contributed by atoms with Crippen LogP contribution in [-0.2, 0) is 0 Å². The Kier molecular flexibility index (Phi) is 3.89. The third kappa shape index (κ3) is 3.33. The fourth-order valence-corrected chi connectivity index (χ4v) is 3.26. The van der Waals surface area contributed by atoms with Crippen LogP contribution in [0.15, 0.2) is 18.3 Å². The summed E-state index contributed by atoms with van der Waals surface area (Å²) in [5.41, 5.74) is 6.34. The third-order valence-corrected chi connectivity index (χ3v) is 4.77. The van der Waals surface area contributed by atoms with Gasteiger partial charge in [-0.3, -0.25) is 0 Å². The maximum Gasteiger partial charge on any atom is 0.125 e. The molecule has 0 saturated carbocycles. The van der Waals surface area contributed by atoms with Gasteiger partial charge in [-0.2, -0.15) is 11.8 Å². The van der Waals surface area contributed by atoms with Gasteiger partial charge in [0.1, 0.15) is 10.8 Å². The van der Waals surface area contributed by atoms with Gasteiger partial charge in [0, 0.05) is 23.1 Å². The Morgan fingerprint density at radius 1 is 1.65 bits per heavy atom. The van der Waals surface area contributed by atoms with Gasteiger partial charge in [-0.05, 0) is 37.7 Å². The highest BCUT2D eigenvalue weighted by Gasteiger charge is 2.29. The molecule has 1 aliphatic heterocycles. The molecule has 0 bridgehead atoms. The van der Waals surface area contributed by atoms with Gasteiger partial charge < -0.3 is 11.1 Å². The number of rotatable bonds is 4. The highest BCUT2D eigenvalue weighted by Crippen LogP contribution is 2.37. The van der Waals surface area contributed by atoms with E-state index in [2.05, 4.69) is 17.2 Å². The lowest BCUT2D eigenvalue weighted by molar-refractivity contribution is 0.634. The van der Waals surface area contributed by atoms with Gasteiger partial charge in [0.15, 0.2) is 0 Å². The largest absolute Gasteiger partial charge is 0.389 e. The van der Waals surface area contributed by atoms with E-state index in [-0.39, 0.29) is 0 Å². The Hall–Kier alpha value is -0.810. The van der Waals surface area contributed by atoms with E-state index >= 15 is 0 Å². The normalized spacial score (nSPS) is 23.6. The minimum atomic E-state index is 0.351. The first kappa shape index (κ1) is 12.6. The van der Waals surface area contributed by atoms with Gasteiger partial charge in [-0.15, -0.1) is 0 Å². The molecular formula is C12H17N3S2. The van der Waals surface area contributed by atoms with Crippen molar-refractivity contribution in [3.8, 4) is 0 Å². The van der Waals surface area contributed by atoms with Crippen molar-refractivity contribution in [2.45, 2.75) is 24.5 Å². The number of nitrogens with two attached hydrogens (primary N) is 1. The fraction of sp³-hybridized carbons (Fsp3) is 0.500. The number of nitrogens with zero attached hydrogens (tertiary/aromatic N) is 1. The van der Waals surface area contributed by atoms with Gasteiger partial charge in [0.2, 0.25) is 0 Å². The van der Waals surface area contributed by atoms with Crippen LogP contribution in [0.1, 0.15) is 25.3 Å². The van der Waals surface area contributed by atoms with Crippen molar-refractivity contribution >= 4 is 34.8 Å². The minimum absolute atomic E-state index is 0.351. The SMILES string of the molecule is CC1(CNc2ccc(C(N)=S)cn2)CCCS1. The van der Waals surface area contributed by atoms with Crippen LogP contribution in [0.4, 0.5) is 5.82 Å². The molecule has 3 N–H and O–H groups in total. The van der Waals surface area contributed by atoms with Gasteiger partial charge in [-0.25, -0.2) is 4.98 Å². The number of aromatic nitrogens is 1. The number of pyridine rings is 1. The molecule has 17 heavy (non-hydrogen) atoms. The molecule has 2 rings (SSSR count). The van der Waals surface area contributed by atoms with Crippen molar-refractivity contribution in [1.29, 1.82) is 0 Å². The summed E-state index contributed by atoms with van der Waals surface area (Å²) in [6, 6.07) is 3.83. The lowest BCUT2D eigenvalue weighted by Gasteiger charge is -2.23. The molecule has 0 spiro atoms. The van der Waals surface area contributed by atoms with Gasteiger partial charge in [0.05, 0.1) is 0 Å². The summed E-state index contributed by atoms with van der Waals surface area (Å²) in [4.78, 5) is 4.70. The predicted molar refractivity (Wildman–Crippen MR) is 78.7 cm³/mol. The van der Waals surface area contributed by atoms with Gasteiger partial charge >= 0.3 is 0 Å². The molecule has 1 aromatic rings. The van der Waals surface area contributed by atoms with E-state index in [1.807, 2.05) is 23.9 Å². The van der Waals surface area contributed by atoms with Crippen LogP contribution in [0, 0.1) is 0 Å². The highest BCUT2D eigenvalue weighted by molar-refractivity contribution is 8.00. The van der Waals surface area contributed by atoms with Crippen molar-refractivity contribution in [2.24, 2.45) is 5.73 Å². The molecule has 1 aliphatic rings. The zero-order valence-electron chi connectivity index (χ0n) is 9.90. The topological polar surface area (TPSA) is 50.9 Å². The highest BCUT2D eigenvalue weighted by atomic mass is 32.2. The second kappa shape index (κ2) is 5.23. The summed E-state index contributed by atoms with van der Waals surface area (Å²) >= 11 is 6.93. The van der Waals surface area contributed by atoms with Crippen LogP contribution in [0.2, 0.25) is 0 Å². The molecule has 0 amide bonds. The Labute approximate surface area is 112 Å². The first-order chi connectivity index (χ1) is 8.09. The number of hydrogen-bond donors (Lipinski definition) is 2. The van der Waals surface area contributed by atoms with Crippen molar-refractivity contribution in [1.82, 2.24) is 4.98 Å². The Bertz CT molecular complexity index is 397. The second-order valence-corrected chi connectivity index (χ2v) is 6.67. The second-order valence-electron chi connectivity index (χ2n) is 4.55. The molecule has 0 radical (unpaired) electrons. The van der Waals surface area contributed by atoms with Crippen LogP contribution in [-0.4, -0.2) is 27.0 Å². The summed E-state index contributed by atoms with van der Waals surface area (Å²) in [7, 11) is 0. The molecule has 5 heteroatoms. The molecule has 0 aliphatic carbocycles. The van der Waals surface area contributed by atoms with Crippen LogP contribution in [0.25, 0.3) is 0 Å². The zero-order chi connectivity index (χ0) is 12.3. The minimum Gasteiger partial charge on any atom is -0.389 e. The fourth-order valence-electron chi connectivity index (χ4n) is 1.90. The van der Waals surface area contributed by atoms with E-state index in [1.165, 1.54) is 18.6 Å². The molecule has 2 heterocycles. The molecule has 0 aromatic carbocycles. The van der Waals surface area contributed by atoms with Crippen LogP contribution in [0.3, 0.4) is 0 Å². The first-order valence-corrected chi connectivity index (χ1v) is 7.12. The molecular weight excluding hydrogens is 250 g/mol. The molecule has 1 fully saturated rings. The molecule has 92 valence electrons. The van der Waals surface area contributed by atoms with E-state index in [0.717, 1.165) is 17.9 Å². The average molecular weight is 267 g/mol. The first-order valence-electron chi connectivity index (χ1n) is 5.73. The summed E-state index contributed by atoms with van der Waals surface area (Å²) in [6.07, 6.45) is 4.31. The monoisotopic (exact) mass is 267 g/mol. The smallest absolute Gasteiger partial charge is 0.125 e. The van der Waals surface area contributed by atoms with Crippen LogP contribution in [0.5, 0.6) is 0 Å². The van der Waals surface area contributed by atoms with Crippen LogP contribution >= 0.6 is 24.0 Å². The van der Waals surface area contributed by atoms with Gasteiger partial charge in [0.25, 0.3) is 0 Å². The summed E-state index contributed by atoms with van der Waals surface area (Å²) < 4.78 is 0.351. The van der Waals surface area contributed by atoms with Crippen molar-refractivity contribution < 1.29 is 0 Å². The van der Waals surface area contributed by atoms with Gasteiger partial charge in [-0.1, -0.05) is 12.2 Å². The number of anilines is 1. The van der Waals surface area contributed by atoms with Crippen LogP contribution < -0.4 is 11.1 Å². The maximum atomic E-state index is 5.53. The van der Waals surface area contributed by atoms with Crippen molar-refractivity contribution in [3.63, 3.8) is 0 Å². The van der Waals surface area contributed by atoms with E-state index in [9.17, 15) is 0 Å². The zero-order valence-corrected chi connectivity index (χ0v) is 11.5.